The monoisotopic (exact) mass is 199 g/mol. The summed E-state index contributed by atoms with van der Waals surface area (Å²) in [5.74, 6) is -0.309. The summed E-state index contributed by atoms with van der Waals surface area (Å²) in [4.78, 5) is 10.9. The summed E-state index contributed by atoms with van der Waals surface area (Å²) in [6.07, 6.45) is 8.20. The van der Waals surface area contributed by atoms with Crippen LogP contribution in [0, 0.1) is 0 Å². The Labute approximate surface area is 86.3 Å². The van der Waals surface area contributed by atoms with Gasteiger partial charge in [-0.05, 0) is 19.3 Å². The van der Waals surface area contributed by atoms with E-state index in [1.54, 1.807) is 0 Å². The highest BCUT2D eigenvalue weighted by atomic mass is 16.5. The van der Waals surface area contributed by atoms with Crippen LogP contribution in [0.5, 0.6) is 0 Å². The van der Waals surface area contributed by atoms with E-state index in [2.05, 4.69) is 11.3 Å². The molecule has 0 amide bonds. The number of allylic oxidation sites excluding steroid dienone is 1. The van der Waals surface area contributed by atoms with Gasteiger partial charge in [-0.1, -0.05) is 25.3 Å². The minimum Gasteiger partial charge on any atom is -0.468 e. The Balaban J connectivity index is 3.27. The van der Waals surface area contributed by atoms with Crippen molar-refractivity contribution in [3.8, 4) is 0 Å². The second-order valence-electron chi connectivity index (χ2n) is 3.41. The van der Waals surface area contributed by atoms with Crippen molar-refractivity contribution in [1.29, 1.82) is 0 Å². The second kappa shape index (κ2) is 8.75. The fourth-order valence-corrected chi connectivity index (χ4v) is 1.28. The standard InChI is InChI=1S/C11H21NO2/c1-3-4-5-6-7-8-9-10(12)11(13)14-2/h3,10H,1,4-9,12H2,2H3/t10-/m1/s1. The molecule has 14 heavy (non-hydrogen) atoms. The molecule has 0 saturated heterocycles. The summed E-state index contributed by atoms with van der Waals surface area (Å²) < 4.78 is 4.53. The van der Waals surface area contributed by atoms with E-state index in [4.69, 9.17) is 5.73 Å². The molecule has 0 heterocycles. The minimum atomic E-state index is -0.445. The maximum absolute atomic E-state index is 10.9. The van der Waals surface area contributed by atoms with Crippen LogP contribution < -0.4 is 5.73 Å². The number of rotatable bonds is 8. The van der Waals surface area contributed by atoms with E-state index < -0.39 is 6.04 Å². The van der Waals surface area contributed by atoms with Gasteiger partial charge >= 0.3 is 5.97 Å². The summed E-state index contributed by atoms with van der Waals surface area (Å²) in [5, 5.41) is 0. The molecule has 82 valence electrons. The third-order valence-corrected chi connectivity index (χ3v) is 2.18. The number of hydrogen-bond acceptors (Lipinski definition) is 3. The number of ether oxygens (including phenoxy) is 1. The topological polar surface area (TPSA) is 52.3 Å². The van der Waals surface area contributed by atoms with Gasteiger partial charge in [0.15, 0.2) is 0 Å². The van der Waals surface area contributed by atoms with Gasteiger partial charge in [-0.3, -0.25) is 4.79 Å². The molecule has 1 atom stereocenters. The summed E-state index contributed by atoms with van der Waals surface area (Å²) in [6.45, 7) is 3.66. The van der Waals surface area contributed by atoms with Crippen molar-refractivity contribution in [3.05, 3.63) is 12.7 Å². The predicted octanol–water partition coefficient (Wildman–Crippen LogP) is 2.01. The largest absolute Gasteiger partial charge is 0.468 e. The Morgan fingerprint density at radius 1 is 1.43 bits per heavy atom. The lowest BCUT2D eigenvalue weighted by molar-refractivity contribution is -0.142. The predicted molar refractivity (Wildman–Crippen MR) is 57.9 cm³/mol. The Kier molecular flexibility index (Phi) is 8.24. The van der Waals surface area contributed by atoms with E-state index in [0.29, 0.717) is 0 Å². The fraction of sp³-hybridized carbons (Fsp3) is 0.727. The van der Waals surface area contributed by atoms with Crippen molar-refractivity contribution in [2.45, 2.75) is 44.6 Å². The van der Waals surface area contributed by atoms with E-state index in [1.807, 2.05) is 6.08 Å². The first-order valence-corrected chi connectivity index (χ1v) is 5.16. The van der Waals surface area contributed by atoms with E-state index >= 15 is 0 Å². The van der Waals surface area contributed by atoms with Crippen molar-refractivity contribution in [2.24, 2.45) is 5.73 Å². The average molecular weight is 199 g/mol. The number of hydrogen-bond donors (Lipinski definition) is 1. The van der Waals surface area contributed by atoms with Crippen LogP contribution >= 0.6 is 0 Å². The molecule has 0 bridgehead atoms. The molecule has 0 saturated carbocycles. The number of esters is 1. The molecule has 0 aliphatic rings. The molecule has 0 spiro atoms. The molecule has 0 rings (SSSR count). The first kappa shape index (κ1) is 13.2. The van der Waals surface area contributed by atoms with E-state index in [1.165, 1.54) is 20.0 Å². The van der Waals surface area contributed by atoms with Gasteiger partial charge in [-0.15, -0.1) is 6.58 Å². The molecule has 0 aromatic heterocycles. The first-order valence-electron chi connectivity index (χ1n) is 5.16. The minimum absolute atomic E-state index is 0.309. The Morgan fingerprint density at radius 3 is 2.64 bits per heavy atom. The summed E-state index contributed by atoms with van der Waals surface area (Å²) in [6, 6.07) is -0.445. The number of carbonyl (C=O) groups excluding carboxylic acids is 1. The van der Waals surface area contributed by atoms with Crippen LogP contribution in [-0.4, -0.2) is 19.1 Å². The van der Waals surface area contributed by atoms with Gasteiger partial charge in [0, 0.05) is 0 Å². The zero-order valence-electron chi connectivity index (χ0n) is 9.00. The normalized spacial score (nSPS) is 12.1. The molecule has 0 aliphatic heterocycles. The molecule has 3 nitrogen and oxygen atoms in total. The molecular formula is C11H21NO2. The van der Waals surface area contributed by atoms with Crippen molar-refractivity contribution in [1.82, 2.24) is 0 Å². The van der Waals surface area contributed by atoms with Gasteiger partial charge in [0.25, 0.3) is 0 Å². The van der Waals surface area contributed by atoms with Gasteiger partial charge in [0.05, 0.1) is 7.11 Å². The molecule has 0 unspecified atom stereocenters. The molecule has 0 aromatic carbocycles. The lowest BCUT2D eigenvalue weighted by atomic mass is 10.1. The average Bonchev–Trinajstić information content (AvgIpc) is 2.21. The Morgan fingerprint density at radius 2 is 2.07 bits per heavy atom. The molecule has 0 radical (unpaired) electrons. The number of carbonyl (C=O) groups is 1. The van der Waals surface area contributed by atoms with Crippen LogP contribution in [0.15, 0.2) is 12.7 Å². The molecular weight excluding hydrogens is 178 g/mol. The van der Waals surface area contributed by atoms with Gasteiger partial charge in [0.2, 0.25) is 0 Å². The maximum atomic E-state index is 10.9. The van der Waals surface area contributed by atoms with Crippen LogP contribution in [0.4, 0.5) is 0 Å². The van der Waals surface area contributed by atoms with Gasteiger partial charge in [0.1, 0.15) is 6.04 Å². The molecule has 0 aliphatic carbocycles. The van der Waals surface area contributed by atoms with E-state index in [9.17, 15) is 4.79 Å². The zero-order chi connectivity index (χ0) is 10.8. The van der Waals surface area contributed by atoms with Crippen LogP contribution in [0.25, 0.3) is 0 Å². The smallest absolute Gasteiger partial charge is 0.322 e. The SMILES string of the molecule is C=CCCCCCC[C@@H](N)C(=O)OC. The first-order chi connectivity index (χ1) is 6.72. The van der Waals surface area contributed by atoms with Crippen molar-refractivity contribution in [3.63, 3.8) is 0 Å². The summed E-state index contributed by atoms with van der Waals surface area (Å²) in [5.41, 5.74) is 5.58. The van der Waals surface area contributed by atoms with Crippen molar-refractivity contribution in [2.75, 3.05) is 7.11 Å². The molecule has 0 fully saturated rings. The van der Waals surface area contributed by atoms with Crippen LogP contribution in [0.1, 0.15) is 38.5 Å². The number of methoxy groups -OCH3 is 1. The van der Waals surface area contributed by atoms with Crippen LogP contribution in [0.2, 0.25) is 0 Å². The lowest BCUT2D eigenvalue weighted by Crippen LogP contribution is -2.31. The fourth-order valence-electron chi connectivity index (χ4n) is 1.28. The highest BCUT2D eigenvalue weighted by Gasteiger charge is 2.11. The van der Waals surface area contributed by atoms with Crippen LogP contribution in [-0.2, 0) is 9.53 Å². The summed E-state index contributed by atoms with van der Waals surface area (Å²) in [7, 11) is 1.37. The zero-order valence-corrected chi connectivity index (χ0v) is 9.00. The third kappa shape index (κ3) is 6.66. The highest BCUT2D eigenvalue weighted by molar-refractivity contribution is 5.75. The number of nitrogens with two attached hydrogens (primary N) is 1. The molecule has 3 heteroatoms. The Bertz CT molecular complexity index is 169. The highest BCUT2D eigenvalue weighted by Crippen LogP contribution is 2.07. The van der Waals surface area contributed by atoms with E-state index in [0.717, 1.165) is 25.7 Å². The van der Waals surface area contributed by atoms with Gasteiger partial charge in [-0.25, -0.2) is 0 Å². The third-order valence-electron chi connectivity index (χ3n) is 2.18. The quantitative estimate of drug-likeness (QED) is 0.369. The molecule has 2 N–H and O–H groups in total. The van der Waals surface area contributed by atoms with Gasteiger partial charge < -0.3 is 10.5 Å². The maximum Gasteiger partial charge on any atom is 0.322 e. The van der Waals surface area contributed by atoms with Crippen molar-refractivity contribution < 1.29 is 9.53 Å². The van der Waals surface area contributed by atoms with Gasteiger partial charge in [-0.2, -0.15) is 0 Å². The Hall–Kier alpha value is -0.830. The molecule has 0 aromatic rings. The second-order valence-corrected chi connectivity index (χ2v) is 3.41. The van der Waals surface area contributed by atoms with Crippen LogP contribution in [0.3, 0.4) is 0 Å². The number of unbranched alkanes of at least 4 members (excludes halogenated alkanes) is 4. The van der Waals surface area contributed by atoms with E-state index in [-0.39, 0.29) is 5.97 Å². The lowest BCUT2D eigenvalue weighted by Gasteiger charge is -2.08. The van der Waals surface area contributed by atoms with Crippen molar-refractivity contribution >= 4 is 5.97 Å². The summed E-state index contributed by atoms with van der Waals surface area (Å²) >= 11 is 0.